The van der Waals surface area contributed by atoms with Gasteiger partial charge in [-0.1, -0.05) is 66.7 Å². The fourth-order valence-electron chi connectivity index (χ4n) is 5.61. The van der Waals surface area contributed by atoms with Crippen molar-refractivity contribution in [2.75, 3.05) is 19.7 Å². The number of aliphatic hydroxyl groups is 1. The van der Waals surface area contributed by atoms with Crippen LogP contribution in [-0.4, -0.2) is 40.7 Å². The Labute approximate surface area is 195 Å². The van der Waals surface area contributed by atoms with Crippen LogP contribution in [0.5, 0.6) is 0 Å². The molecule has 170 valence electrons. The molecule has 1 aromatic heterocycles. The van der Waals surface area contributed by atoms with Crippen LogP contribution in [0.1, 0.15) is 29.5 Å². The lowest BCUT2D eigenvalue weighted by molar-refractivity contribution is -0.165. The molecule has 0 amide bonds. The van der Waals surface area contributed by atoms with Crippen LogP contribution in [0, 0.1) is 17.8 Å². The summed E-state index contributed by atoms with van der Waals surface area (Å²) in [4.78, 5) is 20.0. The van der Waals surface area contributed by atoms with Crippen LogP contribution in [0.25, 0.3) is 0 Å². The topological polar surface area (TPSA) is 62.7 Å². The molecule has 33 heavy (non-hydrogen) atoms. The number of hydrogen-bond donors (Lipinski definition) is 1. The monoisotopic (exact) mass is 442 g/mol. The number of piperidine rings is 1. The maximum Gasteiger partial charge on any atom is 0.347 e. The Balaban J connectivity index is 1.27. The largest absolute Gasteiger partial charge is 0.463 e. The smallest absolute Gasteiger partial charge is 0.347 e. The Hall–Kier alpha value is -3.02. The Kier molecular flexibility index (Phi) is 6.25. The van der Waals surface area contributed by atoms with E-state index >= 15 is 0 Å². The molecule has 1 aliphatic carbocycles. The van der Waals surface area contributed by atoms with Crippen LogP contribution < -0.4 is 0 Å². The zero-order chi connectivity index (χ0) is 22.7. The predicted molar refractivity (Wildman–Crippen MR) is 126 cm³/mol. The molecule has 0 radical (unpaired) electrons. The number of likely N-dealkylation sites (tertiary alicyclic amines) is 1. The van der Waals surface area contributed by atoms with Crippen molar-refractivity contribution in [2.24, 2.45) is 17.8 Å². The van der Waals surface area contributed by atoms with E-state index < -0.39 is 11.6 Å². The van der Waals surface area contributed by atoms with E-state index in [9.17, 15) is 9.90 Å². The standard InChI is InChI=1S/C28H30N2O3/c31-27(28(32,24-10-5-2-6-11-24)25-12-7-15-29-16-25)33-20-26-22-13-14-23(26)19-30(18-22)17-21-8-3-1-4-9-21/h1-12,15-16,22-23,26,32H,13-14,17-20H2. The summed E-state index contributed by atoms with van der Waals surface area (Å²) >= 11 is 0. The van der Waals surface area contributed by atoms with E-state index in [2.05, 4.69) is 40.2 Å². The lowest BCUT2D eigenvalue weighted by Gasteiger charge is -2.38. The van der Waals surface area contributed by atoms with Gasteiger partial charge in [0.25, 0.3) is 0 Å². The number of esters is 1. The Morgan fingerprint density at radius 1 is 0.939 bits per heavy atom. The van der Waals surface area contributed by atoms with Gasteiger partial charge < -0.3 is 9.84 Å². The van der Waals surface area contributed by atoms with E-state index in [-0.39, 0.29) is 0 Å². The zero-order valence-electron chi connectivity index (χ0n) is 18.7. The average Bonchev–Trinajstić information content (AvgIpc) is 3.11. The number of benzene rings is 2. The van der Waals surface area contributed by atoms with E-state index in [4.69, 9.17) is 4.74 Å². The molecule has 2 aliphatic rings. The van der Waals surface area contributed by atoms with Crippen LogP contribution in [0.3, 0.4) is 0 Å². The fraction of sp³-hybridized carbons (Fsp3) is 0.357. The molecule has 3 aromatic rings. The molecule has 5 nitrogen and oxygen atoms in total. The van der Waals surface area contributed by atoms with Crippen LogP contribution in [0.4, 0.5) is 0 Å². The van der Waals surface area contributed by atoms with Crippen molar-refractivity contribution in [2.45, 2.75) is 25.0 Å². The molecule has 3 atom stereocenters. The third kappa shape index (κ3) is 4.43. The maximum absolute atomic E-state index is 13.3. The molecule has 1 N–H and O–H groups in total. The van der Waals surface area contributed by atoms with E-state index in [1.165, 1.54) is 24.6 Å². The van der Waals surface area contributed by atoms with Gasteiger partial charge in [0.15, 0.2) is 0 Å². The average molecular weight is 443 g/mol. The van der Waals surface area contributed by atoms with Crippen molar-refractivity contribution in [3.05, 3.63) is 102 Å². The Morgan fingerprint density at radius 3 is 2.21 bits per heavy atom. The van der Waals surface area contributed by atoms with E-state index in [0.717, 1.165) is 19.6 Å². The van der Waals surface area contributed by atoms with E-state index in [0.29, 0.717) is 35.5 Å². The SMILES string of the molecule is O=C(OCC1C2CCC1CN(Cc1ccccc1)C2)C(O)(c1ccccc1)c1cccnc1. The van der Waals surface area contributed by atoms with Gasteiger partial charge in [-0.15, -0.1) is 0 Å². The van der Waals surface area contributed by atoms with Gasteiger partial charge in [-0.05, 0) is 41.9 Å². The molecule has 0 spiro atoms. The molecule has 2 aromatic carbocycles. The molecular formula is C28H30N2O3. The van der Waals surface area contributed by atoms with Gasteiger partial charge in [0.2, 0.25) is 5.60 Å². The van der Waals surface area contributed by atoms with Crippen molar-refractivity contribution >= 4 is 5.97 Å². The highest BCUT2D eigenvalue weighted by Crippen LogP contribution is 2.43. The van der Waals surface area contributed by atoms with Crippen LogP contribution in [0.2, 0.25) is 0 Å². The second-order valence-corrected chi connectivity index (χ2v) is 9.36. The summed E-state index contributed by atoms with van der Waals surface area (Å²) < 4.78 is 5.85. The summed E-state index contributed by atoms with van der Waals surface area (Å²) in [5.74, 6) is 0.745. The number of ether oxygens (including phenoxy) is 1. The Morgan fingerprint density at radius 2 is 1.58 bits per heavy atom. The summed E-state index contributed by atoms with van der Waals surface area (Å²) in [5, 5.41) is 11.6. The lowest BCUT2D eigenvalue weighted by Crippen LogP contribution is -2.45. The molecule has 1 saturated carbocycles. The van der Waals surface area contributed by atoms with Gasteiger partial charge in [0, 0.05) is 43.5 Å². The quantitative estimate of drug-likeness (QED) is 0.560. The van der Waals surface area contributed by atoms with Gasteiger partial charge in [-0.25, -0.2) is 4.79 Å². The van der Waals surface area contributed by atoms with Crippen LogP contribution in [0.15, 0.2) is 85.2 Å². The Bertz CT molecular complexity index is 1000. The first-order chi connectivity index (χ1) is 16.1. The molecule has 1 saturated heterocycles. The number of fused-ring (bicyclic) bond motifs is 2. The number of nitrogens with zero attached hydrogens (tertiary/aromatic N) is 2. The van der Waals surface area contributed by atoms with Gasteiger partial charge in [0.1, 0.15) is 0 Å². The van der Waals surface area contributed by atoms with Crippen molar-refractivity contribution in [3.8, 4) is 0 Å². The van der Waals surface area contributed by atoms with Crippen molar-refractivity contribution in [3.63, 3.8) is 0 Å². The number of carbonyl (C=O) groups excluding carboxylic acids is 1. The first-order valence-electron chi connectivity index (χ1n) is 11.8. The molecule has 2 heterocycles. The molecule has 2 fully saturated rings. The number of hydrogen-bond acceptors (Lipinski definition) is 5. The summed E-state index contributed by atoms with van der Waals surface area (Å²) in [5.41, 5.74) is 0.374. The second kappa shape index (κ2) is 9.46. The highest BCUT2D eigenvalue weighted by molar-refractivity contribution is 5.85. The van der Waals surface area contributed by atoms with Crippen molar-refractivity contribution in [1.82, 2.24) is 9.88 Å². The third-order valence-corrected chi connectivity index (χ3v) is 7.33. The molecular weight excluding hydrogens is 412 g/mol. The minimum Gasteiger partial charge on any atom is -0.463 e. The molecule has 3 unspecified atom stereocenters. The predicted octanol–water partition coefficient (Wildman–Crippen LogP) is 4.02. The number of rotatable bonds is 7. The van der Waals surface area contributed by atoms with Crippen LogP contribution >= 0.6 is 0 Å². The van der Waals surface area contributed by atoms with Gasteiger partial charge in [0.05, 0.1) is 6.61 Å². The number of aromatic nitrogens is 1. The van der Waals surface area contributed by atoms with Crippen molar-refractivity contribution < 1.29 is 14.6 Å². The molecule has 1 aliphatic heterocycles. The normalized spacial score (nSPS) is 24.2. The summed E-state index contributed by atoms with van der Waals surface area (Å²) in [6.07, 6.45) is 5.49. The van der Waals surface area contributed by atoms with Gasteiger partial charge >= 0.3 is 5.97 Å². The fourth-order valence-corrected chi connectivity index (χ4v) is 5.61. The number of pyridine rings is 1. The molecule has 5 rings (SSSR count). The molecule has 2 bridgehead atoms. The third-order valence-electron chi connectivity index (χ3n) is 7.33. The highest BCUT2D eigenvalue weighted by atomic mass is 16.5. The van der Waals surface area contributed by atoms with Crippen LogP contribution in [-0.2, 0) is 21.7 Å². The van der Waals surface area contributed by atoms with Crippen molar-refractivity contribution in [1.29, 1.82) is 0 Å². The first-order valence-corrected chi connectivity index (χ1v) is 11.8. The summed E-state index contributed by atoms with van der Waals surface area (Å²) in [7, 11) is 0. The summed E-state index contributed by atoms with van der Waals surface area (Å²) in [6, 6.07) is 23.0. The number of carbonyl (C=O) groups is 1. The van der Waals surface area contributed by atoms with E-state index in [1.54, 1.807) is 30.5 Å². The lowest BCUT2D eigenvalue weighted by atomic mass is 9.85. The van der Waals surface area contributed by atoms with Gasteiger partial charge in [-0.3, -0.25) is 9.88 Å². The van der Waals surface area contributed by atoms with E-state index in [1.807, 2.05) is 18.2 Å². The molecule has 5 heteroatoms. The minimum atomic E-state index is -1.87. The summed E-state index contributed by atoms with van der Waals surface area (Å²) in [6.45, 7) is 3.37. The highest BCUT2D eigenvalue weighted by Gasteiger charge is 2.45. The second-order valence-electron chi connectivity index (χ2n) is 9.36. The minimum absolute atomic E-state index is 0.342. The van der Waals surface area contributed by atoms with Gasteiger partial charge in [-0.2, -0.15) is 0 Å². The first kappa shape index (κ1) is 21.8. The zero-order valence-corrected chi connectivity index (χ0v) is 18.7. The maximum atomic E-state index is 13.3.